The van der Waals surface area contributed by atoms with Gasteiger partial charge in [-0.25, -0.2) is 0 Å². The highest BCUT2D eigenvalue weighted by Crippen LogP contribution is 2.32. The van der Waals surface area contributed by atoms with Crippen molar-refractivity contribution in [2.45, 2.75) is 31.2 Å². The largest absolute Gasteiger partial charge is 0.349 e. The first-order valence-electron chi connectivity index (χ1n) is 6.31. The molecule has 0 bridgehead atoms. The third-order valence-corrected chi connectivity index (χ3v) is 3.37. The van der Waals surface area contributed by atoms with Crippen LogP contribution in [0.2, 0.25) is 0 Å². The Morgan fingerprint density at radius 2 is 1.95 bits per heavy atom. The number of carbonyl (C=O) groups is 1. The normalized spacial score (nSPS) is 34.9. The summed E-state index contributed by atoms with van der Waals surface area (Å²) in [6, 6.07) is 9.67. The second-order valence-corrected chi connectivity index (χ2v) is 4.66. The molecule has 2 heterocycles. The van der Waals surface area contributed by atoms with E-state index in [1.807, 2.05) is 30.3 Å². The first-order chi connectivity index (χ1) is 9.28. The van der Waals surface area contributed by atoms with Crippen LogP contribution in [0.5, 0.6) is 0 Å². The van der Waals surface area contributed by atoms with Crippen molar-refractivity contribution in [2.75, 3.05) is 13.7 Å². The Kier molecular flexibility index (Phi) is 3.61. The van der Waals surface area contributed by atoms with Crippen LogP contribution in [0.25, 0.3) is 0 Å². The van der Waals surface area contributed by atoms with Gasteiger partial charge in [0.1, 0.15) is 6.10 Å². The number of rotatable bonds is 2. The van der Waals surface area contributed by atoms with Gasteiger partial charge in [-0.1, -0.05) is 30.3 Å². The molecule has 0 saturated carbocycles. The summed E-state index contributed by atoms with van der Waals surface area (Å²) in [5, 5.41) is 0. The van der Waals surface area contributed by atoms with E-state index in [1.54, 1.807) is 0 Å². The summed E-state index contributed by atoms with van der Waals surface area (Å²) in [7, 11) is 1.46. The standard InChI is InChI=1S/C14H16O5/c1-16-14-10(15)7-11-12(19-14)8-17-13(18-11)9-5-3-2-4-6-9/h2-6,11-14H,7-8H2,1H3/t11-,12+,13?,14+/m0/s1. The van der Waals surface area contributed by atoms with Crippen molar-refractivity contribution >= 4 is 5.78 Å². The summed E-state index contributed by atoms with van der Waals surface area (Å²) in [4.78, 5) is 11.8. The molecule has 3 rings (SSSR count). The Morgan fingerprint density at radius 3 is 2.68 bits per heavy atom. The van der Waals surface area contributed by atoms with Gasteiger partial charge in [0.25, 0.3) is 0 Å². The van der Waals surface area contributed by atoms with Crippen LogP contribution in [0.4, 0.5) is 0 Å². The molecule has 1 unspecified atom stereocenters. The molecule has 0 amide bonds. The van der Waals surface area contributed by atoms with Crippen LogP contribution in [0.3, 0.4) is 0 Å². The first-order valence-corrected chi connectivity index (χ1v) is 6.31. The van der Waals surface area contributed by atoms with Gasteiger partial charge < -0.3 is 18.9 Å². The zero-order valence-electron chi connectivity index (χ0n) is 10.7. The Hall–Kier alpha value is -1.27. The fraction of sp³-hybridized carbons (Fsp3) is 0.500. The molecule has 19 heavy (non-hydrogen) atoms. The number of benzene rings is 1. The Labute approximate surface area is 111 Å². The molecule has 4 atom stereocenters. The fourth-order valence-corrected chi connectivity index (χ4v) is 2.38. The molecule has 0 aliphatic carbocycles. The third kappa shape index (κ3) is 2.55. The highest BCUT2D eigenvalue weighted by atomic mass is 16.7. The maximum Gasteiger partial charge on any atom is 0.218 e. The summed E-state index contributed by atoms with van der Waals surface area (Å²) in [5.41, 5.74) is 0.947. The van der Waals surface area contributed by atoms with E-state index in [0.717, 1.165) is 5.56 Å². The molecular formula is C14H16O5. The monoisotopic (exact) mass is 264 g/mol. The van der Waals surface area contributed by atoms with Crippen LogP contribution in [0.1, 0.15) is 18.3 Å². The molecule has 1 aromatic carbocycles. The molecule has 0 radical (unpaired) electrons. The van der Waals surface area contributed by atoms with Crippen molar-refractivity contribution in [1.29, 1.82) is 0 Å². The molecule has 102 valence electrons. The fourth-order valence-electron chi connectivity index (χ4n) is 2.38. The van der Waals surface area contributed by atoms with Crippen LogP contribution in [-0.2, 0) is 23.7 Å². The SMILES string of the molecule is CO[C@@H]1O[C@@H]2COC(c3ccccc3)O[C@H]2CC1=O. The minimum atomic E-state index is -0.790. The van der Waals surface area contributed by atoms with E-state index >= 15 is 0 Å². The van der Waals surface area contributed by atoms with Gasteiger partial charge in [-0.05, 0) is 0 Å². The van der Waals surface area contributed by atoms with Crippen LogP contribution in [0.15, 0.2) is 30.3 Å². The Morgan fingerprint density at radius 1 is 1.16 bits per heavy atom. The highest BCUT2D eigenvalue weighted by Gasteiger charge is 2.42. The topological polar surface area (TPSA) is 54.0 Å². The summed E-state index contributed by atoms with van der Waals surface area (Å²) in [6.07, 6.45) is -1.43. The molecule has 0 N–H and O–H groups in total. The molecule has 2 aliphatic rings. The Bertz CT molecular complexity index is 446. The number of ether oxygens (including phenoxy) is 4. The van der Waals surface area contributed by atoms with Crippen LogP contribution in [0, 0.1) is 0 Å². The highest BCUT2D eigenvalue weighted by molar-refractivity contribution is 5.83. The summed E-state index contributed by atoms with van der Waals surface area (Å²) in [6.45, 7) is 0.400. The second-order valence-electron chi connectivity index (χ2n) is 4.66. The predicted octanol–water partition coefficient (Wildman–Crippen LogP) is 1.43. The van der Waals surface area contributed by atoms with Crippen LogP contribution >= 0.6 is 0 Å². The minimum Gasteiger partial charge on any atom is -0.349 e. The first kappa shape index (κ1) is 12.7. The van der Waals surface area contributed by atoms with Gasteiger partial charge in [0.05, 0.1) is 12.7 Å². The lowest BCUT2D eigenvalue weighted by Crippen LogP contribution is -2.51. The number of Topliss-reactive ketones (excluding diaryl/α,β-unsaturated/α-hetero) is 1. The van der Waals surface area contributed by atoms with E-state index < -0.39 is 12.6 Å². The van der Waals surface area contributed by atoms with Gasteiger partial charge in [0, 0.05) is 19.1 Å². The van der Waals surface area contributed by atoms with E-state index in [9.17, 15) is 4.79 Å². The van der Waals surface area contributed by atoms with Gasteiger partial charge in [-0.2, -0.15) is 0 Å². The van der Waals surface area contributed by atoms with Crippen molar-refractivity contribution in [1.82, 2.24) is 0 Å². The van der Waals surface area contributed by atoms with E-state index in [-0.39, 0.29) is 18.0 Å². The third-order valence-electron chi connectivity index (χ3n) is 3.37. The van der Waals surface area contributed by atoms with Gasteiger partial charge >= 0.3 is 0 Å². The molecular weight excluding hydrogens is 248 g/mol. The molecule has 2 aliphatic heterocycles. The van der Waals surface area contributed by atoms with Crippen molar-refractivity contribution < 1.29 is 23.7 Å². The molecule has 0 spiro atoms. The smallest absolute Gasteiger partial charge is 0.218 e. The summed E-state index contributed by atoms with van der Waals surface area (Å²) < 4.78 is 22.0. The van der Waals surface area contributed by atoms with E-state index in [4.69, 9.17) is 18.9 Å². The van der Waals surface area contributed by atoms with Gasteiger partial charge in [0.2, 0.25) is 6.29 Å². The van der Waals surface area contributed by atoms with Crippen LogP contribution in [-0.4, -0.2) is 38.0 Å². The lowest BCUT2D eigenvalue weighted by Gasteiger charge is -2.40. The maximum atomic E-state index is 11.8. The van der Waals surface area contributed by atoms with Crippen molar-refractivity contribution in [3.63, 3.8) is 0 Å². The molecule has 1 aromatic rings. The average Bonchev–Trinajstić information content (AvgIpc) is 2.47. The van der Waals surface area contributed by atoms with Gasteiger partial charge in [-0.3, -0.25) is 4.79 Å². The van der Waals surface area contributed by atoms with Gasteiger partial charge in [0.15, 0.2) is 12.1 Å². The van der Waals surface area contributed by atoms with Crippen LogP contribution < -0.4 is 0 Å². The molecule has 2 saturated heterocycles. The minimum absolute atomic E-state index is 0.0857. The van der Waals surface area contributed by atoms with E-state index in [2.05, 4.69) is 0 Å². The van der Waals surface area contributed by atoms with E-state index in [0.29, 0.717) is 13.0 Å². The molecule has 2 fully saturated rings. The zero-order valence-corrected chi connectivity index (χ0v) is 10.7. The number of hydrogen-bond acceptors (Lipinski definition) is 5. The number of carbonyl (C=O) groups excluding carboxylic acids is 1. The van der Waals surface area contributed by atoms with Gasteiger partial charge in [-0.15, -0.1) is 0 Å². The van der Waals surface area contributed by atoms with Crippen molar-refractivity contribution in [3.05, 3.63) is 35.9 Å². The van der Waals surface area contributed by atoms with Crippen molar-refractivity contribution in [3.8, 4) is 0 Å². The lowest BCUT2D eigenvalue weighted by atomic mass is 10.0. The number of ketones is 1. The Balaban J connectivity index is 1.70. The number of hydrogen-bond donors (Lipinski definition) is 0. The number of methoxy groups -OCH3 is 1. The summed E-state index contributed by atoms with van der Waals surface area (Å²) in [5.74, 6) is -0.0857. The molecule has 5 heteroatoms. The average molecular weight is 264 g/mol. The number of fused-ring (bicyclic) bond motifs is 1. The quantitative estimate of drug-likeness (QED) is 0.809. The summed E-state index contributed by atoms with van der Waals surface area (Å²) >= 11 is 0. The predicted molar refractivity (Wildman–Crippen MR) is 65.3 cm³/mol. The molecule has 0 aromatic heterocycles. The molecule has 5 nitrogen and oxygen atoms in total. The second kappa shape index (κ2) is 5.38. The lowest BCUT2D eigenvalue weighted by molar-refractivity contribution is -0.300. The van der Waals surface area contributed by atoms with E-state index in [1.165, 1.54) is 7.11 Å². The zero-order chi connectivity index (χ0) is 13.2. The maximum absolute atomic E-state index is 11.8. The van der Waals surface area contributed by atoms with Crippen molar-refractivity contribution in [2.24, 2.45) is 0 Å².